The topological polar surface area (TPSA) is 46.9 Å². The van der Waals surface area contributed by atoms with Crippen LogP contribution in [0.25, 0.3) is 0 Å². The zero-order valence-corrected chi connectivity index (χ0v) is 15.2. The van der Waals surface area contributed by atoms with Crippen LogP contribution < -0.4 is 5.32 Å². The Morgan fingerprint density at radius 3 is 2.70 bits per heavy atom. The van der Waals surface area contributed by atoms with Crippen molar-refractivity contribution in [1.82, 2.24) is 15.1 Å². The van der Waals surface area contributed by atoms with Gasteiger partial charge >= 0.3 is 0 Å². The van der Waals surface area contributed by atoms with Crippen molar-refractivity contribution >= 4 is 21.8 Å². The van der Waals surface area contributed by atoms with E-state index in [0.29, 0.717) is 30.3 Å². The Kier molecular flexibility index (Phi) is 5.93. The molecule has 0 spiro atoms. The molecule has 2 aromatic rings. The van der Waals surface area contributed by atoms with Crippen molar-refractivity contribution in [2.45, 2.75) is 33.1 Å². The van der Waals surface area contributed by atoms with E-state index in [0.717, 1.165) is 22.5 Å². The van der Waals surface area contributed by atoms with Crippen molar-refractivity contribution in [3.8, 4) is 0 Å². The highest BCUT2D eigenvalue weighted by atomic mass is 79.9. The minimum absolute atomic E-state index is 0.0221. The van der Waals surface area contributed by atoms with Gasteiger partial charge in [0.25, 0.3) is 0 Å². The molecule has 124 valence electrons. The fourth-order valence-corrected chi connectivity index (χ4v) is 2.97. The number of hydrogen-bond acceptors (Lipinski definition) is 2. The molecular weight excluding hydrogens is 361 g/mol. The number of carbonyl (C=O) groups is 1. The van der Waals surface area contributed by atoms with Gasteiger partial charge in [0.1, 0.15) is 5.82 Å². The van der Waals surface area contributed by atoms with E-state index in [1.807, 2.05) is 25.6 Å². The molecule has 1 heterocycles. The standard InChI is InChI=1S/C17H21BrFN3O/c1-11-14(12(2)22(3)21-11)5-7-17(23)20-9-8-13-4-6-16(19)15(18)10-13/h4,6,10H,5,7-9H2,1-3H3,(H,20,23). The van der Waals surface area contributed by atoms with Crippen molar-refractivity contribution < 1.29 is 9.18 Å². The van der Waals surface area contributed by atoms with E-state index in [1.165, 1.54) is 6.07 Å². The third-order valence-corrected chi connectivity index (χ3v) is 4.59. The number of amides is 1. The van der Waals surface area contributed by atoms with Crippen molar-refractivity contribution in [3.63, 3.8) is 0 Å². The van der Waals surface area contributed by atoms with Crippen LogP contribution >= 0.6 is 15.9 Å². The average molecular weight is 382 g/mol. The van der Waals surface area contributed by atoms with E-state index in [4.69, 9.17) is 0 Å². The first-order chi connectivity index (χ1) is 10.9. The summed E-state index contributed by atoms with van der Waals surface area (Å²) >= 11 is 3.16. The molecule has 0 saturated carbocycles. The molecule has 1 amide bonds. The first kappa shape index (κ1) is 17.7. The molecule has 0 saturated heterocycles. The third kappa shape index (κ3) is 4.64. The van der Waals surface area contributed by atoms with Crippen LogP contribution in [0.15, 0.2) is 22.7 Å². The molecule has 1 aromatic heterocycles. The Hall–Kier alpha value is -1.69. The third-order valence-electron chi connectivity index (χ3n) is 3.98. The van der Waals surface area contributed by atoms with Crippen LogP contribution in [-0.2, 0) is 24.7 Å². The molecule has 0 atom stereocenters. The molecule has 0 aliphatic rings. The number of aromatic nitrogens is 2. The van der Waals surface area contributed by atoms with Crippen molar-refractivity contribution in [1.29, 1.82) is 0 Å². The van der Waals surface area contributed by atoms with Crippen LogP contribution in [0.4, 0.5) is 4.39 Å². The Balaban J connectivity index is 1.78. The molecule has 0 unspecified atom stereocenters. The minimum atomic E-state index is -0.278. The summed E-state index contributed by atoms with van der Waals surface area (Å²) in [5, 5.41) is 7.26. The van der Waals surface area contributed by atoms with E-state index < -0.39 is 0 Å². The van der Waals surface area contributed by atoms with Crippen LogP contribution in [0.1, 0.15) is 28.9 Å². The van der Waals surface area contributed by atoms with Gasteiger partial charge in [-0.25, -0.2) is 4.39 Å². The zero-order valence-electron chi connectivity index (χ0n) is 13.6. The highest BCUT2D eigenvalue weighted by Crippen LogP contribution is 2.17. The summed E-state index contributed by atoms with van der Waals surface area (Å²) < 4.78 is 15.4. The van der Waals surface area contributed by atoms with Gasteiger partial charge in [-0.2, -0.15) is 5.10 Å². The molecule has 0 aliphatic carbocycles. The van der Waals surface area contributed by atoms with Crippen molar-refractivity contribution in [3.05, 3.63) is 51.0 Å². The first-order valence-corrected chi connectivity index (χ1v) is 8.37. The number of carbonyl (C=O) groups excluding carboxylic acids is 1. The minimum Gasteiger partial charge on any atom is -0.356 e. The molecule has 0 bridgehead atoms. The van der Waals surface area contributed by atoms with E-state index in [-0.39, 0.29) is 11.7 Å². The fourth-order valence-electron chi connectivity index (χ4n) is 2.55. The highest BCUT2D eigenvalue weighted by Gasteiger charge is 2.11. The summed E-state index contributed by atoms with van der Waals surface area (Å²) in [6.07, 6.45) is 1.81. The van der Waals surface area contributed by atoms with Crippen LogP contribution in [0, 0.1) is 19.7 Å². The maximum atomic E-state index is 13.2. The van der Waals surface area contributed by atoms with Gasteiger partial charge in [0.2, 0.25) is 5.91 Å². The summed E-state index contributed by atoms with van der Waals surface area (Å²) in [6, 6.07) is 4.90. The van der Waals surface area contributed by atoms with E-state index >= 15 is 0 Å². The average Bonchev–Trinajstić information content (AvgIpc) is 2.74. The number of halogens is 2. The molecule has 4 nitrogen and oxygen atoms in total. The molecule has 2 rings (SSSR count). The smallest absolute Gasteiger partial charge is 0.220 e. The molecule has 0 aliphatic heterocycles. The van der Waals surface area contributed by atoms with Gasteiger partial charge in [-0.15, -0.1) is 0 Å². The Morgan fingerprint density at radius 2 is 2.09 bits per heavy atom. The van der Waals surface area contributed by atoms with Gasteiger partial charge in [0.05, 0.1) is 10.2 Å². The number of aryl methyl sites for hydroxylation is 2. The SMILES string of the molecule is Cc1nn(C)c(C)c1CCC(=O)NCCc1ccc(F)c(Br)c1. The Morgan fingerprint density at radius 1 is 1.35 bits per heavy atom. The molecule has 6 heteroatoms. The maximum Gasteiger partial charge on any atom is 0.220 e. The van der Waals surface area contributed by atoms with Crippen molar-refractivity contribution in [2.75, 3.05) is 6.54 Å². The second kappa shape index (κ2) is 7.73. The lowest BCUT2D eigenvalue weighted by Gasteiger charge is -2.07. The Bertz CT molecular complexity index is 712. The fraction of sp³-hybridized carbons (Fsp3) is 0.412. The van der Waals surface area contributed by atoms with Crippen molar-refractivity contribution in [2.24, 2.45) is 7.05 Å². The van der Waals surface area contributed by atoms with Crippen LogP contribution in [0.5, 0.6) is 0 Å². The normalized spacial score (nSPS) is 10.8. The lowest BCUT2D eigenvalue weighted by atomic mass is 10.1. The second-order valence-corrected chi connectivity index (χ2v) is 6.48. The molecular formula is C17H21BrFN3O. The Labute approximate surface area is 144 Å². The van der Waals surface area contributed by atoms with Gasteiger partial charge in [0, 0.05) is 25.7 Å². The predicted octanol–water partition coefficient (Wildman–Crippen LogP) is 3.23. The van der Waals surface area contributed by atoms with Crippen LogP contribution in [0.2, 0.25) is 0 Å². The van der Waals surface area contributed by atoms with E-state index in [2.05, 4.69) is 26.3 Å². The first-order valence-electron chi connectivity index (χ1n) is 7.58. The van der Waals surface area contributed by atoms with Gasteiger partial charge in [0.15, 0.2) is 0 Å². The lowest BCUT2D eigenvalue weighted by Crippen LogP contribution is -2.26. The zero-order chi connectivity index (χ0) is 17.0. The molecule has 1 N–H and O–H groups in total. The maximum absolute atomic E-state index is 13.2. The molecule has 23 heavy (non-hydrogen) atoms. The van der Waals surface area contributed by atoms with Gasteiger partial charge < -0.3 is 5.32 Å². The predicted molar refractivity (Wildman–Crippen MR) is 91.8 cm³/mol. The van der Waals surface area contributed by atoms with E-state index in [9.17, 15) is 9.18 Å². The summed E-state index contributed by atoms with van der Waals surface area (Å²) in [5.74, 6) is -0.256. The number of benzene rings is 1. The summed E-state index contributed by atoms with van der Waals surface area (Å²) in [4.78, 5) is 11.9. The number of rotatable bonds is 6. The van der Waals surface area contributed by atoms with E-state index in [1.54, 1.807) is 12.1 Å². The summed E-state index contributed by atoms with van der Waals surface area (Å²) in [6.45, 7) is 4.52. The monoisotopic (exact) mass is 381 g/mol. The van der Waals surface area contributed by atoms with Gasteiger partial charge in [-0.3, -0.25) is 9.48 Å². The van der Waals surface area contributed by atoms with Gasteiger partial charge in [-0.05, 0) is 65.9 Å². The van der Waals surface area contributed by atoms with Gasteiger partial charge in [-0.1, -0.05) is 6.07 Å². The quantitative estimate of drug-likeness (QED) is 0.834. The summed E-state index contributed by atoms with van der Waals surface area (Å²) in [5.41, 5.74) is 4.21. The molecule has 1 aromatic carbocycles. The number of nitrogens with zero attached hydrogens (tertiary/aromatic N) is 2. The van der Waals surface area contributed by atoms with Crippen LogP contribution in [-0.4, -0.2) is 22.2 Å². The second-order valence-electron chi connectivity index (χ2n) is 5.62. The molecule has 0 fully saturated rings. The summed E-state index contributed by atoms with van der Waals surface area (Å²) in [7, 11) is 1.91. The van der Waals surface area contributed by atoms with Crippen LogP contribution in [0.3, 0.4) is 0 Å². The largest absolute Gasteiger partial charge is 0.356 e. The molecule has 0 radical (unpaired) electrons. The highest BCUT2D eigenvalue weighted by molar-refractivity contribution is 9.10. The number of hydrogen-bond donors (Lipinski definition) is 1. The lowest BCUT2D eigenvalue weighted by molar-refractivity contribution is -0.121. The number of nitrogens with one attached hydrogen (secondary N) is 1.